The second kappa shape index (κ2) is 7.83. The van der Waals surface area contributed by atoms with Gasteiger partial charge in [-0.1, -0.05) is 23.7 Å². The van der Waals surface area contributed by atoms with Gasteiger partial charge in [0, 0.05) is 25.5 Å². The van der Waals surface area contributed by atoms with Gasteiger partial charge in [-0.25, -0.2) is 9.67 Å². The van der Waals surface area contributed by atoms with Gasteiger partial charge in [0.2, 0.25) is 5.95 Å². The van der Waals surface area contributed by atoms with Crippen molar-refractivity contribution >= 4 is 45.8 Å². The number of rotatable bonds is 4. The molecule has 0 spiro atoms. The first-order valence-electron chi connectivity index (χ1n) is 10.3. The molecule has 0 unspecified atom stereocenters. The summed E-state index contributed by atoms with van der Waals surface area (Å²) in [5.41, 5.74) is 7.40. The van der Waals surface area contributed by atoms with E-state index in [1.54, 1.807) is 10.9 Å². The van der Waals surface area contributed by atoms with Crippen molar-refractivity contribution in [2.45, 2.75) is 26.8 Å². The van der Waals surface area contributed by atoms with Gasteiger partial charge in [0.15, 0.2) is 11.5 Å². The average Bonchev–Trinajstić information content (AvgIpc) is 3.06. The maximum Gasteiger partial charge on any atom is 0.229 e. The summed E-state index contributed by atoms with van der Waals surface area (Å²) in [6.45, 7) is 5.96. The van der Waals surface area contributed by atoms with E-state index < -0.39 is 0 Å². The lowest BCUT2D eigenvalue weighted by atomic mass is 10.0. The fraction of sp³-hybridized carbons (Fsp3) is 0.261. The van der Waals surface area contributed by atoms with E-state index in [4.69, 9.17) is 16.6 Å². The number of anilines is 4. The van der Waals surface area contributed by atoms with Gasteiger partial charge in [0.1, 0.15) is 0 Å². The molecule has 0 fully saturated rings. The van der Waals surface area contributed by atoms with Gasteiger partial charge < -0.3 is 16.0 Å². The van der Waals surface area contributed by atoms with E-state index in [1.807, 2.05) is 27.0 Å². The predicted octanol–water partition coefficient (Wildman–Crippen LogP) is 4.77. The van der Waals surface area contributed by atoms with Crippen LogP contribution in [0.2, 0.25) is 5.02 Å². The fourth-order valence-corrected chi connectivity index (χ4v) is 4.20. The summed E-state index contributed by atoms with van der Waals surface area (Å²) >= 11 is 6.50. The summed E-state index contributed by atoms with van der Waals surface area (Å²) in [5.74, 6) is 1.21. The highest BCUT2D eigenvalue weighted by molar-refractivity contribution is 6.34. The predicted molar refractivity (Wildman–Crippen MR) is 126 cm³/mol. The van der Waals surface area contributed by atoms with Crippen molar-refractivity contribution in [2.75, 3.05) is 17.2 Å². The Morgan fingerprint density at radius 3 is 2.84 bits per heavy atom. The summed E-state index contributed by atoms with van der Waals surface area (Å²) in [6.07, 6.45) is 2.85. The molecule has 158 valence electrons. The first-order chi connectivity index (χ1) is 15.0. The van der Waals surface area contributed by atoms with E-state index in [9.17, 15) is 0 Å². The lowest BCUT2D eigenvalue weighted by Crippen LogP contribution is -2.23. The summed E-state index contributed by atoms with van der Waals surface area (Å²) in [5, 5.41) is 16.2. The Labute approximate surface area is 185 Å². The Kier molecular flexibility index (Phi) is 5.00. The third-order valence-corrected chi connectivity index (χ3v) is 6.08. The average molecular weight is 434 g/mol. The van der Waals surface area contributed by atoms with Crippen LogP contribution in [0.4, 0.5) is 23.1 Å². The van der Waals surface area contributed by atoms with E-state index in [0.29, 0.717) is 16.8 Å². The van der Waals surface area contributed by atoms with Gasteiger partial charge in [0.25, 0.3) is 0 Å². The van der Waals surface area contributed by atoms with E-state index in [-0.39, 0.29) is 0 Å². The SMILES string of the molecule is Cc1cc(C)c(Cl)c(Nc2nn(C)c3nc(Nc4ccc5c(c4)CNCC5)ncc23)c1. The third kappa shape index (κ3) is 3.82. The van der Waals surface area contributed by atoms with Crippen molar-refractivity contribution in [3.8, 4) is 0 Å². The highest BCUT2D eigenvalue weighted by Crippen LogP contribution is 2.32. The van der Waals surface area contributed by atoms with Crippen molar-refractivity contribution in [2.24, 2.45) is 7.05 Å². The molecular weight excluding hydrogens is 410 g/mol. The molecule has 0 radical (unpaired) electrons. The van der Waals surface area contributed by atoms with Crippen molar-refractivity contribution in [1.82, 2.24) is 25.1 Å². The Bertz CT molecular complexity index is 1300. The quantitative estimate of drug-likeness (QED) is 0.430. The van der Waals surface area contributed by atoms with E-state index in [0.717, 1.165) is 53.0 Å². The number of aryl methyl sites for hydroxylation is 3. The summed E-state index contributed by atoms with van der Waals surface area (Å²) < 4.78 is 1.75. The lowest BCUT2D eigenvalue weighted by Gasteiger charge is -2.18. The zero-order valence-corrected chi connectivity index (χ0v) is 18.5. The molecule has 8 heteroatoms. The zero-order chi connectivity index (χ0) is 21.5. The van der Waals surface area contributed by atoms with Crippen LogP contribution < -0.4 is 16.0 Å². The first-order valence-corrected chi connectivity index (χ1v) is 10.7. The molecule has 4 aromatic rings. The molecule has 7 nitrogen and oxygen atoms in total. The molecule has 5 rings (SSSR count). The Morgan fingerprint density at radius 2 is 1.97 bits per heavy atom. The number of nitrogens with zero attached hydrogens (tertiary/aromatic N) is 4. The minimum absolute atomic E-state index is 0.537. The van der Waals surface area contributed by atoms with E-state index in [1.165, 1.54) is 11.1 Å². The van der Waals surface area contributed by atoms with Gasteiger partial charge in [-0.15, -0.1) is 0 Å². The lowest BCUT2D eigenvalue weighted by molar-refractivity contribution is 0.644. The van der Waals surface area contributed by atoms with Gasteiger partial charge in [-0.2, -0.15) is 10.1 Å². The Balaban J connectivity index is 1.44. The molecule has 3 N–H and O–H groups in total. The maximum atomic E-state index is 6.50. The number of halogens is 1. The van der Waals surface area contributed by atoms with Gasteiger partial charge >= 0.3 is 0 Å². The molecule has 0 atom stereocenters. The van der Waals surface area contributed by atoms with Crippen molar-refractivity contribution in [1.29, 1.82) is 0 Å². The highest BCUT2D eigenvalue weighted by atomic mass is 35.5. The smallest absolute Gasteiger partial charge is 0.229 e. The number of aromatic nitrogens is 4. The van der Waals surface area contributed by atoms with Crippen LogP contribution in [-0.4, -0.2) is 26.3 Å². The number of hydrogen-bond acceptors (Lipinski definition) is 6. The number of fused-ring (bicyclic) bond motifs is 2. The van der Waals surface area contributed by atoms with Crippen LogP contribution in [0.25, 0.3) is 11.0 Å². The molecule has 1 aliphatic rings. The molecule has 0 saturated heterocycles. The monoisotopic (exact) mass is 433 g/mol. The second-order valence-electron chi connectivity index (χ2n) is 8.01. The maximum absolute atomic E-state index is 6.50. The zero-order valence-electron chi connectivity index (χ0n) is 17.8. The minimum Gasteiger partial charge on any atom is -0.337 e. The van der Waals surface area contributed by atoms with Crippen molar-refractivity contribution in [3.05, 3.63) is 63.8 Å². The molecule has 1 aliphatic heterocycles. The van der Waals surface area contributed by atoms with Crippen LogP contribution >= 0.6 is 11.6 Å². The van der Waals surface area contributed by atoms with Crippen molar-refractivity contribution < 1.29 is 0 Å². The van der Waals surface area contributed by atoms with Gasteiger partial charge in [-0.3, -0.25) is 0 Å². The largest absolute Gasteiger partial charge is 0.337 e. The minimum atomic E-state index is 0.537. The van der Waals surface area contributed by atoms with Crippen LogP contribution in [0.15, 0.2) is 36.5 Å². The molecule has 3 heterocycles. The Hall–Kier alpha value is -3.16. The standard InChI is InChI=1S/C23H24ClN7/c1-13-8-14(2)20(24)19(9-13)28-21-18-12-26-23(29-22(18)31(3)30-21)27-17-5-4-15-6-7-25-11-16(15)10-17/h4-5,8-10,12,25H,6-7,11H2,1-3H3,(H,28,30)(H,26,27,29). The number of nitrogens with one attached hydrogen (secondary N) is 3. The summed E-state index contributed by atoms with van der Waals surface area (Å²) in [7, 11) is 1.87. The third-order valence-electron chi connectivity index (χ3n) is 5.58. The van der Waals surface area contributed by atoms with Crippen LogP contribution in [0.5, 0.6) is 0 Å². The molecule has 0 amide bonds. The summed E-state index contributed by atoms with van der Waals surface area (Å²) in [4.78, 5) is 9.21. The van der Waals surface area contributed by atoms with Gasteiger partial charge in [0.05, 0.1) is 16.1 Å². The molecule has 31 heavy (non-hydrogen) atoms. The molecule has 0 saturated carbocycles. The molecule has 2 aromatic carbocycles. The van der Waals surface area contributed by atoms with Crippen LogP contribution in [0.3, 0.4) is 0 Å². The number of benzene rings is 2. The van der Waals surface area contributed by atoms with Crippen LogP contribution in [-0.2, 0) is 20.0 Å². The molecule has 2 aromatic heterocycles. The fourth-order valence-electron chi connectivity index (χ4n) is 4.05. The topological polar surface area (TPSA) is 79.7 Å². The normalized spacial score (nSPS) is 13.3. The number of hydrogen-bond donors (Lipinski definition) is 3. The van der Waals surface area contributed by atoms with Gasteiger partial charge in [-0.05, 0) is 67.3 Å². The van der Waals surface area contributed by atoms with E-state index in [2.05, 4.69) is 50.3 Å². The van der Waals surface area contributed by atoms with Crippen LogP contribution in [0.1, 0.15) is 22.3 Å². The summed E-state index contributed by atoms with van der Waals surface area (Å²) in [6, 6.07) is 10.5. The second-order valence-corrected chi connectivity index (χ2v) is 8.38. The van der Waals surface area contributed by atoms with Crippen LogP contribution in [0, 0.1) is 13.8 Å². The van der Waals surface area contributed by atoms with E-state index >= 15 is 0 Å². The molecular formula is C23H24ClN7. The molecule has 0 aliphatic carbocycles. The molecule has 0 bridgehead atoms. The Morgan fingerprint density at radius 1 is 1.10 bits per heavy atom. The highest BCUT2D eigenvalue weighted by Gasteiger charge is 2.15. The first kappa shape index (κ1) is 19.8. The van der Waals surface area contributed by atoms with Crippen molar-refractivity contribution in [3.63, 3.8) is 0 Å².